The van der Waals surface area contributed by atoms with Crippen LogP contribution >= 0.6 is 23.1 Å². The fourth-order valence-electron chi connectivity index (χ4n) is 6.13. The Kier molecular flexibility index (Phi) is 6.42. The number of nitrogens with zero attached hydrogens (tertiary/aromatic N) is 1. The molecule has 4 aliphatic rings. The van der Waals surface area contributed by atoms with Crippen molar-refractivity contribution >= 4 is 41.0 Å². The number of carbonyl (C=O) groups is 3. The van der Waals surface area contributed by atoms with Gasteiger partial charge in [-0.15, -0.1) is 23.1 Å². The number of nitrogens with one attached hydrogen (secondary N) is 2. The molecular weight excluding hydrogens is 458 g/mol. The highest BCUT2D eigenvalue weighted by atomic mass is 32.2. The molecule has 0 spiro atoms. The number of imide groups is 1. The molecule has 6 rings (SSSR count). The predicted octanol–water partition coefficient (Wildman–Crippen LogP) is 4.39. The number of rotatable bonds is 7. The van der Waals surface area contributed by atoms with Gasteiger partial charge in [-0.1, -0.05) is 12.1 Å². The molecule has 174 valence electrons. The minimum Gasteiger partial charge on any atom is -0.452 e. The number of thioether (sulfide) groups is 1. The van der Waals surface area contributed by atoms with E-state index in [2.05, 4.69) is 15.6 Å². The lowest BCUT2D eigenvalue weighted by Gasteiger charge is -2.56. The molecule has 0 unspecified atom stereocenters. The van der Waals surface area contributed by atoms with Gasteiger partial charge in [-0.05, 0) is 68.4 Å². The molecule has 4 bridgehead atoms. The van der Waals surface area contributed by atoms with Crippen LogP contribution in [0.3, 0.4) is 0 Å². The zero-order chi connectivity index (χ0) is 22.8. The van der Waals surface area contributed by atoms with Gasteiger partial charge >= 0.3 is 12.0 Å². The average molecular weight is 486 g/mol. The van der Waals surface area contributed by atoms with Crippen LogP contribution in [0, 0.1) is 17.8 Å². The van der Waals surface area contributed by atoms with Crippen LogP contribution in [0.25, 0.3) is 0 Å². The average Bonchev–Trinajstić information content (AvgIpc) is 3.28. The molecular formula is C24H27N3O4S2. The minimum absolute atomic E-state index is 0.177. The summed E-state index contributed by atoms with van der Waals surface area (Å²) in [5.41, 5.74) is 2.93. The van der Waals surface area contributed by atoms with Gasteiger partial charge in [-0.3, -0.25) is 10.1 Å². The highest BCUT2D eigenvalue weighted by Gasteiger charge is 2.51. The van der Waals surface area contributed by atoms with E-state index in [0.717, 1.165) is 29.9 Å². The van der Waals surface area contributed by atoms with Gasteiger partial charge in [-0.2, -0.15) is 0 Å². The van der Waals surface area contributed by atoms with Crippen LogP contribution < -0.4 is 10.6 Å². The van der Waals surface area contributed by atoms with Gasteiger partial charge in [0.2, 0.25) is 0 Å². The molecule has 0 atom stereocenters. The van der Waals surface area contributed by atoms with E-state index in [-0.39, 0.29) is 5.54 Å². The lowest BCUT2D eigenvalue weighted by atomic mass is 9.53. The predicted molar refractivity (Wildman–Crippen MR) is 126 cm³/mol. The lowest BCUT2D eigenvalue weighted by molar-refractivity contribution is -0.123. The molecule has 0 radical (unpaired) electrons. The number of esters is 1. The van der Waals surface area contributed by atoms with E-state index in [9.17, 15) is 14.4 Å². The van der Waals surface area contributed by atoms with Crippen molar-refractivity contribution < 1.29 is 19.1 Å². The van der Waals surface area contributed by atoms with Crippen molar-refractivity contribution in [1.82, 2.24) is 15.6 Å². The number of carbonyl (C=O) groups excluding carboxylic acids is 3. The van der Waals surface area contributed by atoms with Gasteiger partial charge in [0, 0.05) is 21.6 Å². The molecule has 0 aliphatic heterocycles. The molecule has 1 aromatic carbocycles. The van der Waals surface area contributed by atoms with Crippen molar-refractivity contribution in [3.05, 3.63) is 46.4 Å². The van der Waals surface area contributed by atoms with Gasteiger partial charge in [0.15, 0.2) is 6.61 Å². The Labute approximate surface area is 201 Å². The molecule has 1 heterocycles. The van der Waals surface area contributed by atoms with Gasteiger partial charge in [0.05, 0.1) is 16.8 Å². The normalized spacial score (nSPS) is 27.2. The Bertz CT molecular complexity index is 1000. The summed E-state index contributed by atoms with van der Waals surface area (Å²) in [6.45, 7) is -0.502. The summed E-state index contributed by atoms with van der Waals surface area (Å²) < 4.78 is 5.20. The number of amides is 3. The monoisotopic (exact) mass is 485 g/mol. The maximum absolute atomic E-state index is 12.6. The number of benzene rings is 1. The van der Waals surface area contributed by atoms with Gasteiger partial charge in [0.25, 0.3) is 5.91 Å². The number of aromatic nitrogens is 1. The van der Waals surface area contributed by atoms with Gasteiger partial charge in [0.1, 0.15) is 0 Å². The van der Waals surface area contributed by atoms with Crippen LogP contribution in [-0.2, 0) is 15.3 Å². The van der Waals surface area contributed by atoms with E-state index in [0.29, 0.717) is 29.1 Å². The summed E-state index contributed by atoms with van der Waals surface area (Å²) in [6.07, 6.45) is 6.85. The summed E-state index contributed by atoms with van der Waals surface area (Å²) in [6, 6.07) is 6.62. The first-order chi connectivity index (χ1) is 16.0. The molecule has 33 heavy (non-hydrogen) atoms. The van der Waals surface area contributed by atoms with Crippen molar-refractivity contribution in [2.24, 2.45) is 17.8 Å². The summed E-state index contributed by atoms with van der Waals surface area (Å²) in [5, 5.41) is 7.40. The standard InChI is InChI=1S/C24H27N3O4S2/c28-21(26-23(30)27-24-8-15-5-16(9-24)7-17(6-15)10-24)11-31-22(29)19-3-1-2-4-20(19)33-13-18-12-32-14-25-18/h1-4,12,14-17H,5-11,13H2,(H2,26,27,28,30). The fourth-order valence-corrected chi connectivity index (χ4v) is 7.74. The van der Waals surface area contributed by atoms with E-state index >= 15 is 0 Å². The van der Waals surface area contributed by atoms with Crippen LogP contribution in [0.4, 0.5) is 4.79 Å². The van der Waals surface area contributed by atoms with Crippen LogP contribution in [0.15, 0.2) is 40.1 Å². The Morgan fingerprint density at radius 3 is 2.45 bits per heavy atom. The minimum atomic E-state index is -0.627. The Morgan fingerprint density at radius 1 is 1.09 bits per heavy atom. The lowest BCUT2D eigenvalue weighted by Crippen LogP contribution is -2.62. The molecule has 4 fully saturated rings. The molecule has 2 aromatic rings. The third kappa shape index (κ3) is 5.24. The smallest absolute Gasteiger partial charge is 0.339 e. The zero-order valence-electron chi connectivity index (χ0n) is 18.2. The SMILES string of the molecule is O=C(COC(=O)c1ccccc1SCc1cscn1)NC(=O)NC12CC3CC(CC(C3)C1)C2. The van der Waals surface area contributed by atoms with E-state index in [1.54, 1.807) is 17.6 Å². The molecule has 1 aromatic heterocycles. The van der Waals surface area contributed by atoms with Gasteiger partial charge in [-0.25, -0.2) is 14.6 Å². The zero-order valence-corrected chi connectivity index (χ0v) is 19.9. The molecule has 0 saturated heterocycles. The van der Waals surface area contributed by atoms with Crippen LogP contribution in [-0.4, -0.2) is 35.0 Å². The van der Waals surface area contributed by atoms with Crippen molar-refractivity contribution in [1.29, 1.82) is 0 Å². The summed E-state index contributed by atoms with van der Waals surface area (Å²) in [5.74, 6) is 1.51. The van der Waals surface area contributed by atoms with E-state index < -0.39 is 24.5 Å². The third-order valence-corrected chi connectivity index (χ3v) is 8.71. The Balaban J connectivity index is 1.11. The molecule has 7 nitrogen and oxygen atoms in total. The number of hydrogen-bond donors (Lipinski definition) is 2. The highest BCUT2D eigenvalue weighted by Crippen LogP contribution is 2.55. The van der Waals surface area contributed by atoms with E-state index in [1.165, 1.54) is 42.4 Å². The molecule has 9 heteroatoms. The molecule has 3 amide bonds. The first kappa shape index (κ1) is 22.4. The molecule has 4 saturated carbocycles. The third-order valence-electron chi connectivity index (χ3n) is 6.97. The second-order valence-corrected chi connectivity index (χ2v) is 11.3. The van der Waals surface area contributed by atoms with Crippen LogP contribution in [0.2, 0.25) is 0 Å². The van der Waals surface area contributed by atoms with Crippen LogP contribution in [0.5, 0.6) is 0 Å². The fraction of sp³-hybridized carbons (Fsp3) is 0.500. The maximum atomic E-state index is 12.6. The Hall–Kier alpha value is -2.39. The maximum Gasteiger partial charge on any atom is 0.339 e. The Morgan fingerprint density at radius 2 is 1.79 bits per heavy atom. The van der Waals surface area contributed by atoms with Crippen LogP contribution in [0.1, 0.15) is 54.6 Å². The van der Waals surface area contributed by atoms with E-state index in [4.69, 9.17) is 4.74 Å². The first-order valence-corrected chi connectivity index (χ1v) is 13.3. The molecule has 4 aliphatic carbocycles. The second kappa shape index (κ2) is 9.46. The number of hydrogen-bond acceptors (Lipinski definition) is 7. The number of ether oxygens (including phenoxy) is 1. The summed E-state index contributed by atoms with van der Waals surface area (Å²) in [7, 11) is 0. The molecule has 2 N–H and O–H groups in total. The quantitative estimate of drug-likeness (QED) is 0.446. The topological polar surface area (TPSA) is 97.4 Å². The van der Waals surface area contributed by atoms with Crippen molar-refractivity contribution in [3.63, 3.8) is 0 Å². The number of thiazole rings is 1. The summed E-state index contributed by atoms with van der Waals surface area (Å²) >= 11 is 3.01. The van der Waals surface area contributed by atoms with Crippen molar-refractivity contribution in [3.8, 4) is 0 Å². The van der Waals surface area contributed by atoms with E-state index in [1.807, 2.05) is 17.5 Å². The van der Waals surface area contributed by atoms with Crippen molar-refractivity contribution in [2.75, 3.05) is 6.61 Å². The summed E-state index contributed by atoms with van der Waals surface area (Å²) in [4.78, 5) is 42.4. The largest absolute Gasteiger partial charge is 0.452 e. The van der Waals surface area contributed by atoms with Gasteiger partial charge < -0.3 is 10.1 Å². The second-order valence-electron chi connectivity index (χ2n) is 9.54. The van der Waals surface area contributed by atoms with Crippen molar-refractivity contribution in [2.45, 2.75) is 54.7 Å². The first-order valence-electron chi connectivity index (χ1n) is 11.4. The highest BCUT2D eigenvalue weighted by molar-refractivity contribution is 7.98. The number of urea groups is 1.